The van der Waals surface area contributed by atoms with Gasteiger partial charge in [-0.15, -0.1) is 0 Å². The molecule has 0 spiro atoms. The lowest BCUT2D eigenvalue weighted by Gasteiger charge is -2.57. The third kappa shape index (κ3) is 2.84. The zero-order valence-corrected chi connectivity index (χ0v) is 16.0. The number of hydrogen-bond acceptors (Lipinski definition) is 4. The van der Waals surface area contributed by atoms with Crippen LogP contribution < -0.4 is 11.1 Å². The van der Waals surface area contributed by atoms with Crippen molar-refractivity contribution in [2.75, 3.05) is 11.1 Å². The Kier molecular flexibility index (Phi) is 3.84. The quantitative estimate of drug-likeness (QED) is 0.737. The number of hydrogen-bond donors (Lipinski definition) is 2. The summed E-state index contributed by atoms with van der Waals surface area (Å²) in [5.74, 6) is 3.66. The Morgan fingerprint density at radius 1 is 1.00 bits per heavy atom. The van der Waals surface area contributed by atoms with Gasteiger partial charge in [0.1, 0.15) is 5.82 Å². The normalized spacial score (nSPS) is 32.0. The monoisotopic (exact) mass is 388 g/mol. The Balaban J connectivity index is 1.49. The summed E-state index contributed by atoms with van der Waals surface area (Å²) in [6, 6.07) is 7.50. The van der Waals surface area contributed by atoms with Gasteiger partial charge in [-0.25, -0.2) is 4.98 Å². The predicted octanol–water partition coefficient (Wildman–Crippen LogP) is 5.41. The molecule has 4 nitrogen and oxygen atoms in total. The van der Waals surface area contributed by atoms with E-state index in [2.05, 4.69) is 15.3 Å². The van der Waals surface area contributed by atoms with Gasteiger partial charge in [-0.2, -0.15) is 4.98 Å². The summed E-state index contributed by atoms with van der Waals surface area (Å²) in [4.78, 5) is 8.85. The maximum Gasteiger partial charge on any atom is 0.222 e. The number of halogens is 2. The third-order valence-electron chi connectivity index (χ3n) is 6.40. The lowest BCUT2D eigenvalue weighted by molar-refractivity contribution is 0.0105. The van der Waals surface area contributed by atoms with E-state index in [0.29, 0.717) is 15.7 Å². The summed E-state index contributed by atoms with van der Waals surface area (Å²) in [6.07, 6.45) is 7.98. The fraction of sp³-hybridized carbons (Fsp3) is 0.500. The van der Waals surface area contributed by atoms with Crippen LogP contribution in [0.15, 0.2) is 24.3 Å². The molecule has 6 rings (SSSR count). The molecule has 4 fully saturated rings. The second-order valence-corrected chi connectivity index (χ2v) is 9.21. The third-order valence-corrected chi connectivity index (χ3v) is 7.22. The number of nitrogens with one attached hydrogen (secondary N) is 1. The molecule has 0 atom stereocenters. The molecule has 4 aliphatic carbocycles. The van der Waals surface area contributed by atoms with Crippen LogP contribution in [0, 0.1) is 17.8 Å². The number of nitrogen functional groups attached to an aromatic ring is 1. The van der Waals surface area contributed by atoms with Crippen LogP contribution in [-0.4, -0.2) is 15.5 Å². The molecular formula is C20H22Cl2N4. The first-order valence-electron chi connectivity index (χ1n) is 9.37. The van der Waals surface area contributed by atoms with Crippen LogP contribution in [-0.2, 0) is 0 Å². The van der Waals surface area contributed by atoms with Crippen LogP contribution in [0.25, 0.3) is 11.3 Å². The van der Waals surface area contributed by atoms with Gasteiger partial charge in [0, 0.05) is 17.2 Å². The van der Waals surface area contributed by atoms with Crippen molar-refractivity contribution in [3.05, 3.63) is 34.3 Å². The van der Waals surface area contributed by atoms with Crippen molar-refractivity contribution in [1.82, 2.24) is 9.97 Å². The zero-order valence-electron chi connectivity index (χ0n) is 14.5. The van der Waals surface area contributed by atoms with E-state index in [0.717, 1.165) is 29.1 Å². The molecule has 1 aromatic heterocycles. The number of aromatic nitrogens is 2. The SMILES string of the molecule is Nc1nc(NC23CC4CC(CC(C4)C2)C3)cc(-c2cccc(Cl)c2Cl)n1. The predicted molar refractivity (Wildman–Crippen MR) is 106 cm³/mol. The summed E-state index contributed by atoms with van der Waals surface area (Å²) in [5.41, 5.74) is 7.67. The van der Waals surface area contributed by atoms with Gasteiger partial charge in [-0.1, -0.05) is 35.3 Å². The van der Waals surface area contributed by atoms with Crippen LogP contribution in [0.5, 0.6) is 0 Å². The highest BCUT2D eigenvalue weighted by Crippen LogP contribution is 2.56. The van der Waals surface area contributed by atoms with Gasteiger partial charge in [0.05, 0.1) is 15.7 Å². The van der Waals surface area contributed by atoms with E-state index in [1.807, 2.05) is 18.2 Å². The van der Waals surface area contributed by atoms with Crippen molar-refractivity contribution in [3.63, 3.8) is 0 Å². The highest BCUT2D eigenvalue weighted by atomic mass is 35.5. The fourth-order valence-electron chi connectivity index (χ4n) is 5.90. The molecular weight excluding hydrogens is 367 g/mol. The first-order valence-corrected chi connectivity index (χ1v) is 10.1. The van der Waals surface area contributed by atoms with Gasteiger partial charge < -0.3 is 11.1 Å². The first kappa shape index (κ1) is 16.6. The minimum Gasteiger partial charge on any atom is -0.368 e. The maximum atomic E-state index is 6.38. The lowest BCUT2D eigenvalue weighted by Crippen LogP contribution is -2.54. The summed E-state index contributed by atoms with van der Waals surface area (Å²) in [5, 5.41) is 4.77. The van der Waals surface area contributed by atoms with E-state index in [9.17, 15) is 0 Å². The van der Waals surface area contributed by atoms with Crippen molar-refractivity contribution in [2.24, 2.45) is 17.8 Å². The smallest absolute Gasteiger partial charge is 0.222 e. The molecule has 1 heterocycles. The fourth-order valence-corrected chi connectivity index (χ4v) is 6.30. The summed E-state index contributed by atoms with van der Waals surface area (Å²) >= 11 is 12.5. The Bertz CT molecular complexity index is 832. The van der Waals surface area contributed by atoms with E-state index in [4.69, 9.17) is 28.9 Å². The molecule has 4 bridgehead atoms. The number of nitrogens with zero attached hydrogens (tertiary/aromatic N) is 2. The standard InChI is InChI=1S/C20H22Cl2N4/c21-15-3-1-2-14(18(15)22)16-7-17(25-19(23)24-16)26-20-8-11-4-12(9-20)6-13(5-11)10-20/h1-3,7,11-13H,4-6,8-10H2,(H3,23,24,25,26). The molecule has 26 heavy (non-hydrogen) atoms. The van der Waals surface area contributed by atoms with Gasteiger partial charge in [-0.3, -0.25) is 0 Å². The Labute approximate surface area is 163 Å². The summed E-state index contributed by atoms with van der Waals surface area (Å²) in [6.45, 7) is 0. The van der Waals surface area contributed by atoms with Crippen LogP contribution in [0.1, 0.15) is 38.5 Å². The summed E-state index contributed by atoms with van der Waals surface area (Å²) in [7, 11) is 0. The van der Waals surface area contributed by atoms with Gasteiger partial charge >= 0.3 is 0 Å². The molecule has 6 heteroatoms. The molecule has 0 saturated heterocycles. The van der Waals surface area contributed by atoms with E-state index in [-0.39, 0.29) is 11.5 Å². The molecule has 136 valence electrons. The largest absolute Gasteiger partial charge is 0.368 e. The van der Waals surface area contributed by atoms with Crippen LogP contribution in [0.4, 0.5) is 11.8 Å². The van der Waals surface area contributed by atoms with Crippen molar-refractivity contribution < 1.29 is 0 Å². The zero-order chi connectivity index (χ0) is 17.9. The van der Waals surface area contributed by atoms with Crippen molar-refractivity contribution >= 4 is 35.0 Å². The molecule has 0 unspecified atom stereocenters. The lowest BCUT2D eigenvalue weighted by atomic mass is 9.53. The van der Waals surface area contributed by atoms with Crippen LogP contribution >= 0.6 is 23.2 Å². The van der Waals surface area contributed by atoms with Gasteiger partial charge in [0.2, 0.25) is 5.95 Å². The molecule has 4 aliphatic rings. The summed E-state index contributed by atoms with van der Waals surface area (Å²) < 4.78 is 0. The van der Waals surface area contributed by atoms with Gasteiger partial charge in [-0.05, 0) is 62.3 Å². The van der Waals surface area contributed by atoms with Gasteiger partial charge in [0.25, 0.3) is 0 Å². The van der Waals surface area contributed by atoms with E-state index >= 15 is 0 Å². The van der Waals surface area contributed by atoms with Crippen molar-refractivity contribution in [2.45, 2.75) is 44.1 Å². The topological polar surface area (TPSA) is 63.8 Å². The van der Waals surface area contributed by atoms with E-state index in [1.54, 1.807) is 6.07 Å². The highest BCUT2D eigenvalue weighted by Gasteiger charge is 2.51. The van der Waals surface area contributed by atoms with E-state index < -0.39 is 0 Å². The number of rotatable bonds is 3. The Morgan fingerprint density at radius 3 is 2.31 bits per heavy atom. The molecule has 1 aromatic carbocycles. The molecule has 0 amide bonds. The molecule has 3 N–H and O–H groups in total. The number of benzene rings is 1. The second-order valence-electron chi connectivity index (χ2n) is 8.42. The number of nitrogens with two attached hydrogens (primary N) is 1. The highest BCUT2D eigenvalue weighted by molar-refractivity contribution is 6.43. The Hall–Kier alpha value is -1.52. The minimum atomic E-state index is 0.172. The molecule has 4 saturated carbocycles. The van der Waals surface area contributed by atoms with Gasteiger partial charge in [0.15, 0.2) is 0 Å². The number of anilines is 2. The maximum absolute atomic E-state index is 6.38. The first-order chi connectivity index (χ1) is 12.5. The molecule has 0 radical (unpaired) electrons. The molecule has 0 aliphatic heterocycles. The van der Waals surface area contributed by atoms with Crippen LogP contribution in [0.3, 0.4) is 0 Å². The average Bonchev–Trinajstić information content (AvgIpc) is 2.55. The second kappa shape index (κ2) is 6.00. The van der Waals surface area contributed by atoms with E-state index in [1.165, 1.54) is 38.5 Å². The minimum absolute atomic E-state index is 0.172. The van der Waals surface area contributed by atoms with Crippen molar-refractivity contribution in [1.29, 1.82) is 0 Å². The van der Waals surface area contributed by atoms with Crippen LogP contribution in [0.2, 0.25) is 10.0 Å². The average molecular weight is 389 g/mol. The van der Waals surface area contributed by atoms with Crippen molar-refractivity contribution in [3.8, 4) is 11.3 Å². The molecule has 2 aromatic rings. The Morgan fingerprint density at radius 2 is 1.65 bits per heavy atom.